The second-order valence-corrected chi connectivity index (χ2v) is 5.27. The van der Waals surface area contributed by atoms with Crippen LogP contribution < -0.4 is 0 Å². The first kappa shape index (κ1) is 14.6. The van der Waals surface area contributed by atoms with Crippen LogP contribution in [0.1, 0.15) is 38.4 Å². The first-order valence-corrected chi connectivity index (χ1v) is 7.11. The Labute approximate surface area is 125 Å². The van der Waals surface area contributed by atoms with E-state index in [9.17, 15) is 4.79 Å². The van der Waals surface area contributed by atoms with Gasteiger partial charge in [-0.1, -0.05) is 35.3 Å². The van der Waals surface area contributed by atoms with Crippen molar-refractivity contribution in [3.63, 3.8) is 0 Å². The lowest BCUT2D eigenvalue weighted by Crippen LogP contribution is -2.10. The zero-order chi connectivity index (χ0) is 14.5. The van der Waals surface area contributed by atoms with Crippen LogP contribution in [0, 0.1) is 0 Å². The van der Waals surface area contributed by atoms with E-state index in [0.717, 1.165) is 28.4 Å². The molecule has 0 amide bonds. The highest BCUT2D eigenvalue weighted by Crippen LogP contribution is 2.33. The number of tetrazole rings is 1. The van der Waals surface area contributed by atoms with E-state index in [1.54, 1.807) is 0 Å². The van der Waals surface area contributed by atoms with Crippen molar-refractivity contribution < 1.29 is 9.53 Å². The minimum absolute atomic E-state index is 0.301. The van der Waals surface area contributed by atoms with Gasteiger partial charge in [0, 0.05) is 22.5 Å². The van der Waals surface area contributed by atoms with Crippen LogP contribution in [0.5, 0.6) is 0 Å². The second-order valence-electron chi connectivity index (χ2n) is 4.35. The highest BCUT2D eigenvalue weighted by molar-refractivity contribution is 9.10. The fraction of sp³-hybridized carbons (Fsp3) is 0.385. The molecular weight excluding hydrogens is 324 g/mol. The summed E-state index contributed by atoms with van der Waals surface area (Å²) >= 11 is 3.43. The van der Waals surface area contributed by atoms with Gasteiger partial charge < -0.3 is 4.74 Å². The summed E-state index contributed by atoms with van der Waals surface area (Å²) in [6.07, 6.45) is 1.34. The zero-order valence-electron chi connectivity index (χ0n) is 11.3. The largest absolute Gasteiger partial charge is 0.458 e. The molecule has 1 unspecified atom stereocenters. The summed E-state index contributed by atoms with van der Waals surface area (Å²) in [6.45, 7) is 3.46. The number of benzene rings is 1. The van der Waals surface area contributed by atoms with Crippen LogP contribution in [0.25, 0.3) is 11.4 Å². The van der Waals surface area contributed by atoms with Gasteiger partial charge >= 0.3 is 5.97 Å². The minimum atomic E-state index is -0.306. The molecule has 106 valence electrons. The number of nitrogens with one attached hydrogen (secondary N) is 1. The van der Waals surface area contributed by atoms with Crippen LogP contribution in [0.4, 0.5) is 0 Å². The van der Waals surface area contributed by atoms with Crippen molar-refractivity contribution in [1.82, 2.24) is 20.6 Å². The number of aromatic amines is 1. The van der Waals surface area contributed by atoms with Crippen molar-refractivity contribution >= 4 is 21.9 Å². The molecule has 2 rings (SSSR count). The van der Waals surface area contributed by atoms with Crippen molar-refractivity contribution in [2.45, 2.75) is 32.8 Å². The third-order valence-corrected chi connectivity index (χ3v) is 3.30. The molecule has 1 N–H and O–H groups in total. The van der Waals surface area contributed by atoms with Crippen LogP contribution in [0.3, 0.4) is 0 Å². The summed E-state index contributed by atoms with van der Waals surface area (Å²) in [6, 6.07) is 5.72. The maximum absolute atomic E-state index is 11.3. The van der Waals surface area contributed by atoms with E-state index < -0.39 is 0 Å². The Hall–Kier alpha value is -1.76. The maximum Gasteiger partial charge on any atom is 0.303 e. The minimum Gasteiger partial charge on any atom is -0.458 e. The molecule has 0 spiro atoms. The number of hydrogen-bond acceptors (Lipinski definition) is 5. The van der Waals surface area contributed by atoms with Gasteiger partial charge in [-0.25, -0.2) is 0 Å². The lowest BCUT2D eigenvalue weighted by Gasteiger charge is -2.19. The van der Waals surface area contributed by atoms with Crippen LogP contribution in [0.2, 0.25) is 0 Å². The average molecular weight is 339 g/mol. The van der Waals surface area contributed by atoms with E-state index >= 15 is 0 Å². The van der Waals surface area contributed by atoms with Gasteiger partial charge in [0.2, 0.25) is 5.82 Å². The first-order valence-electron chi connectivity index (χ1n) is 6.32. The van der Waals surface area contributed by atoms with Crippen LogP contribution in [-0.2, 0) is 9.53 Å². The number of halogens is 1. The molecule has 1 aromatic carbocycles. The smallest absolute Gasteiger partial charge is 0.303 e. The molecule has 0 aliphatic heterocycles. The summed E-state index contributed by atoms with van der Waals surface area (Å²) in [5.74, 6) is 0.181. The molecular formula is C13H15BrN4O2. The summed E-state index contributed by atoms with van der Waals surface area (Å²) in [7, 11) is 0. The third kappa shape index (κ3) is 3.41. The molecule has 0 radical (unpaired) electrons. The van der Waals surface area contributed by atoms with Crippen molar-refractivity contribution in [2.75, 3.05) is 0 Å². The number of ether oxygens (including phenoxy) is 1. The number of H-pyrrole nitrogens is 1. The van der Waals surface area contributed by atoms with Crippen LogP contribution in [0.15, 0.2) is 22.7 Å². The Balaban J connectivity index is 2.45. The number of nitrogens with zero attached hydrogens (tertiary/aromatic N) is 3. The van der Waals surface area contributed by atoms with Crippen molar-refractivity contribution in [1.29, 1.82) is 0 Å². The number of rotatable bonds is 5. The summed E-state index contributed by atoms with van der Waals surface area (Å²) in [4.78, 5) is 11.3. The molecule has 0 bridgehead atoms. The highest BCUT2D eigenvalue weighted by Gasteiger charge is 2.20. The quantitative estimate of drug-likeness (QED) is 0.847. The Morgan fingerprint density at radius 1 is 1.50 bits per heavy atom. The number of aromatic nitrogens is 4. The molecule has 0 fully saturated rings. The van der Waals surface area contributed by atoms with E-state index in [-0.39, 0.29) is 12.1 Å². The lowest BCUT2D eigenvalue weighted by molar-refractivity contribution is -0.147. The summed E-state index contributed by atoms with van der Waals surface area (Å²) in [5, 5.41) is 14.0. The normalized spacial score (nSPS) is 12.2. The molecule has 7 heteroatoms. The fourth-order valence-electron chi connectivity index (χ4n) is 2.02. The van der Waals surface area contributed by atoms with Gasteiger partial charge in [0.25, 0.3) is 0 Å². The molecule has 20 heavy (non-hydrogen) atoms. The van der Waals surface area contributed by atoms with Crippen molar-refractivity contribution in [2.24, 2.45) is 0 Å². The van der Waals surface area contributed by atoms with Gasteiger partial charge in [-0.2, -0.15) is 5.21 Å². The summed E-state index contributed by atoms with van der Waals surface area (Å²) in [5.41, 5.74) is 1.68. The monoisotopic (exact) mass is 338 g/mol. The molecule has 0 saturated carbocycles. The predicted molar refractivity (Wildman–Crippen MR) is 76.7 cm³/mol. The van der Waals surface area contributed by atoms with E-state index in [1.807, 2.05) is 25.1 Å². The van der Waals surface area contributed by atoms with Crippen LogP contribution >= 0.6 is 15.9 Å². The number of esters is 1. The molecule has 0 aliphatic rings. The Bertz CT molecular complexity index is 586. The number of carbonyl (C=O) groups is 1. The predicted octanol–water partition coefficient (Wildman–Crippen LogP) is 3.03. The standard InChI is InChI=1S/C13H15BrN4O2/c1-3-4-12(20-8(2)19)10-6-5-9(14)7-11(10)13-15-17-18-16-13/h5-7,12H,3-4H2,1-2H3,(H,15,16,17,18). The van der Waals surface area contributed by atoms with Gasteiger partial charge in [0.1, 0.15) is 6.10 Å². The van der Waals surface area contributed by atoms with E-state index in [2.05, 4.69) is 36.6 Å². The average Bonchev–Trinajstić information content (AvgIpc) is 2.91. The second kappa shape index (κ2) is 6.60. The molecule has 1 atom stereocenters. The third-order valence-electron chi connectivity index (χ3n) is 2.81. The van der Waals surface area contributed by atoms with Crippen molar-refractivity contribution in [3.8, 4) is 11.4 Å². The Morgan fingerprint density at radius 3 is 2.90 bits per heavy atom. The molecule has 2 aromatic rings. The molecule has 0 aliphatic carbocycles. The Morgan fingerprint density at radius 2 is 2.30 bits per heavy atom. The van der Waals surface area contributed by atoms with Gasteiger partial charge in [0.05, 0.1) is 0 Å². The summed E-state index contributed by atoms with van der Waals surface area (Å²) < 4.78 is 6.32. The maximum atomic E-state index is 11.3. The SMILES string of the molecule is CCCC(OC(C)=O)c1ccc(Br)cc1-c1nn[nH]n1. The number of hydrogen-bond donors (Lipinski definition) is 1. The lowest BCUT2D eigenvalue weighted by atomic mass is 9.98. The van der Waals surface area contributed by atoms with Gasteiger partial charge in [0.15, 0.2) is 0 Å². The van der Waals surface area contributed by atoms with Gasteiger partial charge in [-0.15, -0.1) is 10.2 Å². The molecule has 1 heterocycles. The Kier molecular flexibility index (Phi) is 4.84. The van der Waals surface area contributed by atoms with Crippen LogP contribution in [-0.4, -0.2) is 26.6 Å². The van der Waals surface area contributed by atoms with Gasteiger partial charge in [-0.05, 0) is 23.8 Å². The first-order chi connectivity index (χ1) is 9.61. The zero-order valence-corrected chi connectivity index (χ0v) is 12.8. The topological polar surface area (TPSA) is 80.8 Å². The number of carbonyl (C=O) groups excluding carboxylic acids is 1. The molecule has 1 aromatic heterocycles. The highest BCUT2D eigenvalue weighted by atomic mass is 79.9. The van der Waals surface area contributed by atoms with E-state index in [1.165, 1.54) is 6.92 Å². The van der Waals surface area contributed by atoms with E-state index in [0.29, 0.717) is 5.82 Å². The van der Waals surface area contributed by atoms with Crippen molar-refractivity contribution in [3.05, 3.63) is 28.2 Å². The van der Waals surface area contributed by atoms with Gasteiger partial charge in [-0.3, -0.25) is 4.79 Å². The molecule has 0 saturated heterocycles. The van der Waals surface area contributed by atoms with E-state index in [4.69, 9.17) is 4.74 Å². The fourth-order valence-corrected chi connectivity index (χ4v) is 2.38. The molecule has 6 nitrogen and oxygen atoms in total.